The highest BCUT2D eigenvalue weighted by Crippen LogP contribution is 2.34. The zero-order valence-corrected chi connectivity index (χ0v) is 19.7. The van der Waals surface area contributed by atoms with Crippen molar-refractivity contribution in [3.8, 4) is 34.1 Å². The van der Waals surface area contributed by atoms with Crippen molar-refractivity contribution in [1.29, 1.82) is 0 Å². The van der Waals surface area contributed by atoms with Crippen LogP contribution in [0.4, 0.5) is 13.2 Å². The van der Waals surface area contributed by atoms with Gasteiger partial charge in [0.25, 0.3) is 5.56 Å². The molecule has 2 heterocycles. The van der Waals surface area contributed by atoms with Gasteiger partial charge >= 0.3 is 6.18 Å². The Labute approximate surface area is 212 Å². The Kier molecular flexibility index (Phi) is 5.97. The van der Waals surface area contributed by atoms with Crippen molar-refractivity contribution < 1.29 is 18.3 Å². The average molecular weight is 531 g/mol. The van der Waals surface area contributed by atoms with Gasteiger partial charge in [-0.2, -0.15) is 23.4 Å². The molecule has 0 saturated heterocycles. The number of phenols is 1. The zero-order valence-electron chi connectivity index (χ0n) is 18.2. The molecule has 3 aromatic carbocycles. The second-order valence-electron chi connectivity index (χ2n) is 7.97. The minimum Gasteiger partial charge on any atom is -0.508 e. The molecule has 0 saturated carbocycles. The first-order valence-electron chi connectivity index (χ1n) is 10.5. The molecule has 0 atom stereocenters. The lowest BCUT2D eigenvalue weighted by Gasteiger charge is -2.15. The van der Waals surface area contributed by atoms with Crippen LogP contribution in [0.15, 0.2) is 77.6 Å². The van der Waals surface area contributed by atoms with Crippen LogP contribution in [0.1, 0.15) is 11.1 Å². The molecule has 0 aromatic heterocycles. The van der Waals surface area contributed by atoms with Crippen molar-refractivity contribution in [1.82, 2.24) is 19.6 Å². The monoisotopic (exact) mass is 530 g/mol. The highest BCUT2D eigenvalue weighted by Gasteiger charge is 2.30. The van der Waals surface area contributed by atoms with Crippen molar-refractivity contribution in [3.05, 3.63) is 104 Å². The van der Waals surface area contributed by atoms with Gasteiger partial charge in [0, 0.05) is 10.6 Å². The minimum absolute atomic E-state index is 0.0381. The molecule has 182 valence electrons. The fraction of sp³-hybridized carbons (Fsp3) is 0.0800. The van der Waals surface area contributed by atoms with E-state index in [1.165, 1.54) is 28.9 Å². The van der Waals surface area contributed by atoms with Crippen LogP contribution in [0.25, 0.3) is 28.3 Å². The molecule has 0 aliphatic carbocycles. The number of phenolic OH excluding ortho intramolecular Hbond substituents is 1. The van der Waals surface area contributed by atoms with Gasteiger partial charge < -0.3 is 5.11 Å². The summed E-state index contributed by atoms with van der Waals surface area (Å²) >= 11 is 12.5. The molecule has 2 aliphatic heterocycles. The quantitative estimate of drug-likeness (QED) is 0.296. The maximum Gasteiger partial charge on any atom is 0.416 e. The third-order valence-electron chi connectivity index (χ3n) is 5.52. The smallest absolute Gasteiger partial charge is 0.416 e. The number of aromatic hydroxyl groups is 1. The second kappa shape index (κ2) is 9.00. The van der Waals surface area contributed by atoms with E-state index in [2.05, 4.69) is 10.2 Å². The molecule has 36 heavy (non-hydrogen) atoms. The Balaban J connectivity index is 1.64. The van der Waals surface area contributed by atoms with Crippen LogP contribution in [0, 0.1) is 0 Å². The minimum atomic E-state index is -4.45. The Morgan fingerprint density at radius 3 is 2.22 bits per heavy atom. The summed E-state index contributed by atoms with van der Waals surface area (Å²) < 4.78 is 41.3. The van der Waals surface area contributed by atoms with Gasteiger partial charge in [-0.1, -0.05) is 35.3 Å². The Morgan fingerprint density at radius 1 is 0.889 bits per heavy atom. The molecule has 0 spiro atoms. The lowest BCUT2D eigenvalue weighted by molar-refractivity contribution is -0.137. The highest BCUT2D eigenvalue weighted by molar-refractivity contribution is 6.36. The van der Waals surface area contributed by atoms with E-state index in [-0.39, 0.29) is 23.7 Å². The molecule has 0 radical (unpaired) electrons. The Hall–Kier alpha value is -3.82. The molecular formula is C25H15Cl2F3N4O2. The van der Waals surface area contributed by atoms with Gasteiger partial charge in [-0.05, 0) is 66.2 Å². The van der Waals surface area contributed by atoms with E-state index in [1.54, 1.807) is 36.4 Å². The summed E-state index contributed by atoms with van der Waals surface area (Å²) in [6.07, 6.45) is -4.45. The first-order chi connectivity index (χ1) is 17.1. The second-order valence-corrected chi connectivity index (χ2v) is 8.82. The van der Waals surface area contributed by atoms with Gasteiger partial charge in [-0.3, -0.25) is 4.79 Å². The molecule has 0 fully saturated rings. The lowest BCUT2D eigenvalue weighted by Crippen LogP contribution is -2.19. The molecule has 2 aliphatic rings. The summed E-state index contributed by atoms with van der Waals surface area (Å²) in [6, 6.07) is 17.3. The van der Waals surface area contributed by atoms with Crippen molar-refractivity contribution >= 4 is 23.2 Å². The van der Waals surface area contributed by atoms with Gasteiger partial charge in [-0.25, -0.2) is 9.36 Å². The molecule has 1 N–H and O–H groups in total. The first-order valence-corrected chi connectivity index (χ1v) is 11.3. The van der Waals surface area contributed by atoms with E-state index in [1.807, 2.05) is 0 Å². The summed E-state index contributed by atoms with van der Waals surface area (Å²) in [5.41, 5.74) is 1.16. The fourth-order valence-corrected chi connectivity index (χ4v) is 4.25. The van der Waals surface area contributed by atoms with Crippen LogP contribution in [0.3, 0.4) is 0 Å². The number of aromatic nitrogens is 4. The van der Waals surface area contributed by atoms with Gasteiger partial charge in [-0.15, -0.1) is 0 Å². The molecule has 0 amide bonds. The van der Waals surface area contributed by atoms with Crippen LogP contribution in [0.5, 0.6) is 5.75 Å². The van der Waals surface area contributed by atoms with Gasteiger partial charge in [0.1, 0.15) is 11.4 Å². The normalized spacial score (nSPS) is 11.8. The number of halogens is 5. The predicted octanol–water partition coefficient (Wildman–Crippen LogP) is 6.28. The van der Waals surface area contributed by atoms with Crippen molar-refractivity contribution in [2.24, 2.45) is 0 Å². The van der Waals surface area contributed by atoms with Crippen LogP contribution in [-0.4, -0.2) is 24.7 Å². The molecule has 0 unspecified atom stereocenters. The van der Waals surface area contributed by atoms with E-state index in [9.17, 15) is 23.1 Å². The number of hydrogen-bond donors (Lipinski definition) is 1. The highest BCUT2D eigenvalue weighted by atomic mass is 35.5. The summed E-state index contributed by atoms with van der Waals surface area (Å²) in [7, 11) is 0. The Morgan fingerprint density at radius 2 is 1.58 bits per heavy atom. The number of alkyl halides is 3. The van der Waals surface area contributed by atoms with Crippen LogP contribution in [-0.2, 0) is 12.7 Å². The Bertz CT molecular complexity index is 1590. The molecule has 3 aromatic rings. The first kappa shape index (κ1) is 23.9. The van der Waals surface area contributed by atoms with Gasteiger partial charge in [0.15, 0.2) is 5.69 Å². The number of rotatable bonds is 4. The predicted molar refractivity (Wildman–Crippen MR) is 130 cm³/mol. The lowest BCUT2D eigenvalue weighted by atomic mass is 10.1. The average Bonchev–Trinajstić information content (AvgIpc) is 3.13. The zero-order chi connectivity index (χ0) is 25.6. The van der Waals surface area contributed by atoms with Crippen molar-refractivity contribution in [2.45, 2.75) is 12.7 Å². The summed E-state index contributed by atoms with van der Waals surface area (Å²) in [4.78, 5) is 13.1. The summed E-state index contributed by atoms with van der Waals surface area (Å²) in [5, 5.41) is 19.4. The van der Waals surface area contributed by atoms with Crippen LogP contribution in [0.2, 0.25) is 10.0 Å². The molecule has 11 heteroatoms. The summed E-state index contributed by atoms with van der Waals surface area (Å²) in [5.74, 6) is 0.0559. The molecule has 6 nitrogen and oxygen atoms in total. The van der Waals surface area contributed by atoms with Crippen LogP contribution >= 0.6 is 23.2 Å². The SMILES string of the molecule is O=c1c2nn(-c3ccc(O)cc3)c(-c3ccc(Cl)cc3Cl)cc-2nn1Cc1ccc(C(F)(F)F)cc1. The van der Waals surface area contributed by atoms with E-state index in [4.69, 9.17) is 23.2 Å². The third-order valence-corrected chi connectivity index (χ3v) is 6.07. The third kappa shape index (κ3) is 4.55. The van der Waals surface area contributed by atoms with Gasteiger partial charge in [0.05, 0.1) is 28.5 Å². The molecule has 5 rings (SSSR count). The number of fused-ring (bicyclic) bond motifs is 1. The standard InChI is InChI=1S/C25H15Cl2F3N4O2/c26-16-5-10-19(20(27)11-16)22-12-21-23(32-34(22)17-6-8-18(35)9-7-17)24(36)33(31-21)13-14-1-3-15(4-2-14)25(28,29)30/h1-12,35H,13H2. The largest absolute Gasteiger partial charge is 0.508 e. The summed E-state index contributed by atoms with van der Waals surface area (Å²) in [6.45, 7) is -0.0381. The maximum absolute atomic E-state index is 13.1. The van der Waals surface area contributed by atoms with Crippen molar-refractivity contribution in [2.75, 3.05) is 0 Å². The van der Waals surface area contributed by atoms with Crippen molar-refractivity contribution in [3.63, 3.8) is 0 Å². The van der Waals surface area contributed by atoms with E-state index < -0.39 is 17.3 Å². The number of hydrogen-bond acceptors (Lipinski definition) is 4. The maximum atomic E-state index is 13.1. The number of benzene rings is 3. The van der Waals surface area contributed by atoms with E-state index in [0.29, 0.717) is 32.6 Å². The van der Waals surface area contributed by atoms with Gasteiger partial charge in [0.2, 0.25) is 0 Å². The fourth-order valence-electron chi connectivity index (χ4n) is 3.75. The number of nitrogens with zero attached hydrogens (tertiary/aromatic N) is 4. The molecule has 0 bridgehead atoms. The van der Waals surface area contributed by atoms with Crippen LogP contribution < -0.4 is 5.56 Å². The molecular weight excluding hydrogens is 516 g/mol. The van der Waals surface area contributed by atoms with E-state index in [0.717, 1.165) is 16.8 Å². The van der Waals surface area contributed by atoms with E-state index >= 15 is 0 Å². The topological polar surface area (TPSA) is 72.9 Å².